The number of carbonyl (C=O) groups excluding carboxylic acids is 2. The van der Waals surface area contributed by atoms with Crippen LogP contribution in [0, 0.1) is 0 Å². The van der Waals surface area contributed by atoms with Crippen molar-refractivity contribution >= 4 is 12.4 Å². The minimum absolute atomic E-state index is 0.459. The lowest BCUT2D eigenvalue weighted by Gasteiger charge is -2.07. The number of rotatable bonds is 6. The van der Waals surface area contributed by atoms with Crippen molar-refractivity contribution < 1.29 is 14.3 Å². The minimum Gasteiger partial charge on any atom is -0.467 e. The highest BCUT2D eigenvalue weighted by Gasteiger charge is 2.13. The normalized spacial score (nSPS) is 12.5. The lowest BCUT2D eigenvalue weighted by Crippen LogP contribution is -2.34. The molecule has 0 aromatic heterocycles. The molecular weight excluding hydrogens is 170 g/mol. The maximum absolute atomic E-state index is 11.0. The van der Waals surface area contributed by atoms with Crippen molar-refractivity contribution in [3.05, 3.63) is 12.2 Å². The van der Waals surface area contributed by atoms with Crippen LogP contribution in [0.4, 0.5) is 0 Å². The first-order valence-electron chi connectivity index (χ1n) is 4.20. The fourth-order valence-corrected chi connectivity index (χ4v) is 0.801. The van der Waals surface area contributed by atoms with Crippen molar-refractivity contribution in [2.75, 3.05) is 7.11 Å². The van der Waals surface area contributed by atoms with E-state index in [1.807, 2.05) is 13.0 Å². The molecule has 1 N–H and O–H groups in total. The molecule has 4 heteroatoms. The van der Waals surface area contributed by atoms with Gasteiger partial charge < -0.3 is 10.1 Å². The van der Waals surface area contributed by atoms with E-state index in [-0.39, 0.29) is 0 Å². The van der Waals surface area contributed by atoms with Gasteiger partial charge >= 0.3 is 5.97 Å². The maximum Gasteiger partial charge on any atom is 0.332 e. The molecule has 0 spiro atoms. The molecule has 13 heavy (non-hydrogen) atoms. The van der Waals surface area contributed by atoms with Gasteiger partial charge in [0.25, 0.3) is 0 Å². The van der Waals surface area contributed by atoms with E-state index in [0.29, 0.717) is 6.41 Å². The monoisotopic (exact) mass is 185 g/mol. The van der Waals surface area contributed by atoms with E-state index < -0.39 is 12.0 Å². The average Bonchev–Trinajstić information content (AvgIpc) is 2.16. The number of esters is 1. The van der Waals surface area contributed by atoms with Crippen molar-refractivity contribution in [2.45, 2.75) is 25.8 Å². The third kappa shape index (κ3) is 5.00. The van der Waals surface area contributed by atoms with Gasteiger partial charge in [-0.1, -0.05) is 25.5 Å². The zero-order chi connectivity index (χ0) is 10.1. The quantitative estimate of drug-likeness (QED) is 0.375. The first-order chi connectivity index (χ1) is 6.26. The Morgan fingerprint density at radius 2 is 2.31 bits per heavy atom. The van der Waals surface area contributed by atoms with Gasteiger partial charge in [0.1, 0.15) is 6.04 Å². The first kappa shape index (κ1) is 11.7. The van der Waals surface area contributed by atoms with Crippen LogP contribution in [0.15, 0.2) is 12.2 Å². The van der Waals surface area contributed by atoms with Crippen LogP contribution in [-0.4, -0.2) is 25.5 Å². The van der Waals surface area contributed by atoms with Crippen molar-refractivity contribution in [1.29, 1.82) is 0 Å². The number of nitrogens with one attached hydrogen (secondary N) is 1. The molecule has 1 atom stereocenters. The van der Waals surface area contributed by atoms with E-state index in [1.165, 1.54) is 7.11 Å². The third-order valence-corrected chi connectivity index (χ3v) is 1.49. The molecule has 74 valence electrons. The number of ether oxygens (including phenoxy) is 1. The standard InChI is InChI=1S/C9H15NO3/c1-3-4-5-6-8(10-7-11)9(12)13-2/h5-8H,3-4H2,1-2H3,(H,10,11)/b6-5-. The van der Waals surface area contributed by atoms with Crippen molar-refractivity contribution in [3.63, 3.8) is 0 Å². The predicted octanol–water partition coefficient (Wildman–Crippen LogP) is 0.630. The molecule has 0 aliphatic carbocycles. The van der Waals surface area contributed by atoms with Crippen LogP contribution in [0.1, 0.15) is 19.8 Å². The Balaban J connectivity index is 4.07. The van der Waals surface area contributed by atoms with Crippen LogP contribution in [0.3, 0.4) is 0 Å². The summed E-state index contributed by atoms with van der Waals surface area (Å²) in [5.41, 5.74) is 0. The highest BCUT2D eigenvalue weighted by atomic mass is 16.5. The molecule has 1 unspecified atom stereocenters. The SMILES string of the molecule is CCC/C=C\C(NC=O)C(=O)OC. The summed E-state index contributed by atoms with van der Waals surface area (Å²) in [6, 6.07) is -0.658. The van der Waals surface area contributed by atoms with Crippen LogP contribution in [0.25, 0.3) is 0 Å². The molecule has 0 fully saturated rings. The minimum atomic E-state index is -0.658. The van der Waals surface area contributed by atoms with E-state index in [1.54, 1.807) is 6.08 Å². The van der Waals surface area contributed by atoms with Crippen LogP contribution in [-0.2, 0) is 14.3 Å². The molecule has 0 rings (SSSR count). The van der Waals surface area contributed by atoms with Crippen molar-refractivity contribution in [3.8, 4) is 0 Å². The summed E-state index contributed by atoms with van der Waals surface area (Å²) >= 11 is 0. The van der Waals surface area contributed by atoms with Gasteiger partial charge in [0.15, 0.2) is 0 Å². The van der Waals surface area contributed by atoms with Gasteiger partial charge in [-0.05, 0) is 6.42 Å². The van der Waals surface area contributed by atoms with Crippen LogP contribution < -0.4 is 5.32 Å². The fraction of sp³-hybridized carbons (Fsp3) is 0.556. The summed E-state index contributed by atoms with van der Waals surface area (Å²) in [7, 11) is 1.29. The van der Waals surface area contributed by atoms with Gasteiger partial charge in [-0.2, -0.15) is 0 Å². The molecule has 1 amide bonds. The van der Waals surface area contributed by atoms with E-state index in [0.717, 1.165) is 12.8 Å². The van der Waals surface area contributed by atoms with E-state index in [4.69, 9.17) is 0 Å². The van der Waals surface area contributed by atoms with Gasteiger partial charge in [-0.25, -0.2) is 4.79 Å². The summed E-state index contributed by atoms with van der Waals surface area (Å²) in [6.07, 6.45) is 5.85. The van der Waals surface area contributed by atoms with Gasteiger partial charge in [0.05, 0.1) is 7.11 Å². The fourth-order valence-electron chi connectivity index (χ4n) is 0.801. The summed E-state index contributed by atoms with van der Waals surface area (Å²) in [4.78, 5) is 21.1. The zero-order valence-electron chi connectivity index (χ0n) is 7.95. The largest absolute Gasteiger partial charge is 0.467 e. The van der Waals surface area contributed by atoms with Crippen LogP contribution in [0.5, 0.6) is 0 Å². The second-order valence-corrected chi connectivity index (χ2v) is 2.50. The topological polar surface area (TPSA) is 55.4 Å². The van der Waals surface area contributed by atoms with E-state index in [9.17, 15) is 9.59 Å². The Morgan fingerprint density at radius 1 is 1.62 bits per heavy atom. The predicted molar refractivity (Wildman–Crippen MR) is 49.1 cm³/mol. The summed E-state index contributed by atoms with van der Waals surface area (Å²) in [5, 5.41) is 2.35. The average molecular weight is 185 g/mol. The molecule has 0 aliphatic rings. The molecule has 0 aromatic rings. The Bertz CT molecular complexity index is 189. The van der Waals surface area contributed by atoms with Gasteiger partial charge in [0, 0.05) is 0 Å². The highest BCUT2D eigenvalue weighted by Crippen LogP contribution is 1.94. The van der Waals surface area contributed by atoms with Crippen LogP contribution in [0.2, 0.25) is 0 Å². The number of methoxy groups -OCH3 is 1. The molecule has 0 saturated carbocycles. The second-order valence-electron chi connectivity index (χ2n) is 2.50. The molecule has 0 heterocycles. The number of hydrogen-bond acceptors (Lipinski definition) is 3. The lowest BCUT2D eigenvalue weighted by molar-refractivity contribution is -0.142. The highest BCUT2D eigenvalue weighted by molar-refractivity contribution is 5.80. The Kier molecular flexibility index (Phi) is 6.59. The number of hydrogen-bond donors (Lipinski definition) is 1. The second kappa shape index (κ2) is 7.34. The summed E-state index contributed by atoms with van der Waals surface area (Å²) < 4.78 is 4.48. The number of amides is 1. The smallest absolute Gasteiger partial charge is 0.332 e. The Labute approximate surface area is 78.0 Å². The molecule has 0 saturated heterocycles. The molecule has 0 aliphatic heterocycles. The first-order valence-corrected chi connectivity index (χ1v) is 4.20. The van der Waals surface area contributed by atoms with Gasteiger partial charge in [0.2, 0.25) is 6.41 Å². The van der Waals surface area contributed by atoms with Crippen molar-refractivity contribution in [2.24, 2.45) is 0 Å². The van der Waals surface area contributed by atoms with Crippen molar-refractivity contribution in [1.82, 2.24) is 5.32 Å². The molecule has 4 nitrogen and oxygen atoms in total. The molecule has 0 radical (unpaired) electrons. The lowest BCUT2D eigenvalue weighted by atomic mass is 10.2. The summed E-state index contributed by atoms with van der Waals surface area (Å²) in [6.45, 7) is 2.03. The van der Waals surface area contributed by atoms with Gasteiger partial charge in [-0.3, -0.25) is 4.79 Å². The summed E-state index contributed by atoms with van der Waals surface area (Å²) in [5.74, 6) is -0.459. The molecular formula is C9H15NO3. The molecule has 0 bridgehead atoms. The van der Waals surface area contributed by atoms with E-state index in [2.05, 4.69) is 10.1 Å². The number of allylic oxidation sites excluding steroid dienone is 1. The van der Waals surface area contributed by atoms with E-state index >= 15 is 0 Å². The molecule has 0 aromatic carbocycles. The van der Waals surface area contributed by atoms with Gasteiger partial charge in [-0.15, -0.1) is 0 Å². The number of unbranched alkanes of at least 4 members (excludes halogenated alkanes) is 1. The number of carbonyl (C=O) groups is 2. The Morgan fingerprint density at radius 3 is 2.77 bits per heavy atom. The van der Waals surface area contributed by atoms with Crippen LogP contribution >= 0.6 is 0 Å². The maximum atomic E-state index is 11.0. The third-order valence-electron chi connectivity index (χ3n) is 1.49. The Hall–Kier alpha value is -1.32. The zero-order valence-corrected chi connectivity index (χ0v) is 7.95.